The summed E-state index contributed by atoms with van der Waals surface area (Å²) in [6.07, 6.45) is 0. The van der Waals surface area contributed by atoms with E-state index in [1.807, 2.05) is 0 Å². The second kappa shape index (κ2) is 7.81. The van der Waals surface area contributed by atoms with E-state index in [2.05, 4.69) is 5.32 Å². The highest BCUT2D eigenvalue weighted by atomic mass is 35.5. The predicted molar refractivity (Wildman–Crippen MR) is 92.8 cm³/mol. The van der Waals surface area contributed by atoms with Crippen LogP contribution in [-0.2, 0) is 9.53 Å². The standard InChI is InChI=1S/C18H12ClF2NO6/c1-8(23)9-3-15-16(28-7-27-15)5-14(9)22-17(24)6-26-18(25)10-2-12(20)13(21)4-11(10)19/h2-5H,6-7H2,1H3,(H,22,24). The van der Waals surface area contributed by atoms with E-state index in [4.69, 9.17) is 25.8 Å². The number of nitrogens with one attached hydrogen (secondary N) is 1. The number of ether oxygens (including phenoxy) is 3. The number of rotatable bonds is 5. The minimum atomic E-state index is -1.28. The highest BCUT2D eigenvalue weighted by Gasteiger charge is 2.21. The predicted octanol–water partition coefficient (Wildman–Crippen LogP) is 3.35. The van der Waals surface area contributed by atoms with Crippen molar-refractivity contribution in [1.29, 1.82) is 0 Å². The number of esters is 1. The molecular formula is C18H12ClF2NO6. The SMILES string of the molecule is CC(=O)c1cc2c(cc1NC(=O)COC(=O)c1cc(F)c(F)cc1Cl)OCO2. The van der Waals surface area contributed by atoms with Crippen LogP contribution in [0, 0.1) is 11.6 Å². The zero-order valence-corrected chi connectivity index (χ0v) is 15.1. The van der Waals surface area contributed by atoms with E-state index in [0.29, 0.717) is 23.6 Å². The van der Waals surface area contributed by atoms with Crippen LogP contribution in [0.1, 0.15) is 27.6 Å². The summed E-state index contributed by atoms with van der Waals surface area (Å²) in [5, 5.41) is 2.06. The van der Waals surface area contributed by atoms with Gasteiger partial charge in [-0.1, -0.05) is 11.6 Å². The fraction of sp³-hybridized carbons (Fsp3) is 0.167. The second-order valence-corrected chi connectivity index (χ2v) is 6.08. The molecule has 1 N–H and O–H groups in total. The van der Waals surface area contributed by atoms with Crippen LogP contribution in [-0.4, -0.2) is 31.1 Å². The van der Waals surface area contributed by atoms with Gasteiger partial charge in [0, 0.05) is 11.6 Å². The van der Waals surface area contributed by atoms with Gasteiger partial charge in [0.2, 0.25) is 6.79 Å². The first-order chi connectivity index (χ1) is 13.3. The average Bonchev–Trinajstić information content (AvgIpc) is 3.09. The molecule has 0 radical (unpaired) electrons. The van der Waals surface area contributed by atoms with Gasteiger partial charge in [-0.25, -0.2) is 13.6 Å². The molecule has 0 atom stereocenters. The third-order valence-corrected chi connectivity index (χ3v) is 4.04. The van der Waals surface area contributed by atoms with Crippen molar-refractivity contribution in [3.05, 3.63) is 52.0 Å². The van der Waals surface area contributed by atoms with Crippen molar-refractivity contribution in [2.24, 2.45) is 0 Å². The molecular weight excluding hydrogens is 400 g/mol. The molecule has 0 aliphatic carbocycles. The number of carbonyl (C=O) groups is 3. The van der Waals surface area contributed by atoms with E-state index in [0.717, 1.165) is 0 Å². The quantitative estimate of drug-likeness (QED) is 0.461. The molecule has 10 heteroatoms. The summed E-state index contributed by atoms with van der Waals surface area (Å²) in [7, 11) is 0. The highest BCUT2D eigenvalue weighted by molar-refractivity contribution is 6.33. The first-order valence-corrected chi connectivity index (χ1v) is 8.20. The molecule has 3 rings (SSSR count). The number of halogens is 3. The monoisotopic (exact) mass is 411 g/mol. The lowest BCUT2D eigenvalue weighted by atomic mass is 10.1. The van der Waals surface area contributed by atoms with Gasteiger partial charge in [-0.05, 0) is 25.1 Å². The number of hydrogen-bond donors (Lipinski definition) is 1. The summed E-state index contributed by atoms with van der Waals surface area (Å²) in [4.78, 5) is 35.8. The van der Waals surface area contributed by atoms with Crippen molar-refractivity contribution in [3.63, 3.8) is 0 Å². The van der Waals surface area contributed by atoms with Crippen LogP contribution in [0.4, 0.5) is 14.5 Å². The van der Waals surface area contributed by atoms with Crippen molar-refractivity contribution in [2.45, 2.75) is 6.92 Å². The van der Waals surface area contributed by atoms with Gasteiger partial charge >= 0.3 is 5.97 Å². The number of amides is 1. The average molecular weight is 412 g/mol. The summed E-state index contributed by atoms with van der Waals surface area (Å²) in [5.74, 6) is -4.02. The maximum atomic E-state index is 13.3. The van der Waals surface area contributed by atoms with Gasteiger partial charge in [0.1, 0.15) is 0 Å². The Morgan fingerprint density at radius 2 is 1.71 bits per heavy atom. The van der Waals surface area contributed by atoms with Gasteiger partial charge in [0.05, 0.1) is 16.3 Å². The normalized spacial score (nSPS) is 11.9. The fourth-order valence-corrected chi connectivity index (χ4v) is 2.64. The van der Waals surface area contributed by atoms with Gasteiger partial charge in [-0.3, -0.25) is 9.59 Å². The Morgan fingerprint density at radius 1 is 1.07 bits per heavy atom. The fourth-order valence-electron chi connectivity index (χ4n) is 2.41. The Balaban J connectivity index is 1.69. The Kier molecular flexibility index (Phi) is 5.46. The largest absolute Gasteiger partial charge is 0.454 e. The number of carbonyl (C=O) groups excluding carboxylic acids is 3. The molecule has 1 aliphatic heterocycles. The molecule has 0 spiro atoms. The lowest BCUT2D eigenvalue weighted by molar-refractivity contribution is -0.119. The number of benzene rings is 2. The summed E-state index contributed by atoms with van der Waals surface area (Å²) in [5.41, 5.74) is -0.114. The number of fused-ring (bicyclic) bond motifs is 1. The maximum Gasteiger partial charge on any atom is 0.340 e. The van der Waals surface area contributed by atoms with Crippen LogP contribution < -0.4 is 14.8 Å². The van der Waals surface area contributed by atoms with Gasteiger partial charge < -0.3 is 19.5 Å². The summed E-state index contributed by atoms with van der Waals surface area (Å²) < 4.78 is 41.5. The van der Waals surface area contributed by atoms with Gasteiger partial charge in [0.15, 0.2) is 35.5 Å². The topological polar surface area (TPSA) is 90.9 Å². The van der Waals surface area contributed by atoms with E-state index in [9.17, 15) is 23.2 Å². The Hall–Kier alpha value is -3.20. The minimum Gasteiger partial charge on any atom is -0.454 e. The van der Waals surface area contributed by atoms with E-state index in [1.54, 1.807) is 0 Å². The smallest absolute Gasteiger partial charge is 0.340 e. The lowest BCUT2D eigenvalue weighted by Gasteiger charge is -2.11. The molecule has 2 aromatic carbocycles. The van der Waals surface area contributed by atoms with Gasteiger partial charge in [-0.15, -0.1) is 0 Å². The third kappa shape index (κ3) is 4.04. The summed E-state index contributed by atoms with van der Waals surface area (Å²) in [6, 6.07) is 4.03. The first-order valence-electron chi connectivity index (χ1n) is 7.82. The number of Topliss-reactive ketones (excluding diaryl/α,β-unsaturated/α-hetero) is 1. The Bertz CT molecular complexity index is 995. The molecule has 0 saturated heterocycles. The summed E-state index contributed by atoms with van der Waals surface area (Å²) in [6.45, 7) is 0.537. The van der Waals surface area contributed by atoms with Crippen molar-refractivity contribution < 1.29 is 37.4 Å². The van der Waals surface area contributed by atoms with Crippen molar-refractivity contribution in [2.75, 3.05) is 18.7 Å². The van der Waals surface area contributed by atoms with E-state index in [-0.39, 0.29) is 28.8 Å². The number of anilines is 1. The van der Waals surface area contributed by atoms with E-state index < -0.39 is 35.7 Å². The highest BCUT2D eigenvalue weighted by Crippen LogP contribution is 2.37. The molecule has 1 amide bonds. The van der Waals surface area contributed by atoms with Crippen LogP contribution in [0.25, 0.3) is 0 Å². The minimum absolute atomic E-state index is 0.0172. The molecule has 0 fully saturated rings. The van der Waals surface area contributed by atoms with Gasteiger partial charge in [0.25, 0.3) is 5.91 Å². The molecule has 146 valence electrons. The number of ketones is 1. The molecule has 0 bridgehead atoms. The Morgan fingerprint density at radius 3 is 2.39 bits per heavy atom. The van der Waals surface area contributed by atoms with Crippen LogP contribution >= 0.6 is 11.6 Å². The van der Waals surface area contributed by atoms with Crippen LogP contribution in [0.3, 0.4) is 0 Å². The third-order valence-electron chi connectivity index (χ3n) is 3.73. The van der Waals surface area contributed by atoms with Crippen molar-refractivity contribution >= 4 is 34.9 Å². The molecule has 1 heterocycles. The maximum absolute atomic E-state index is 13.3. The molecule has 0 saturated carbocycles. The lowest BCUT2D eigenvalue weighted by Crippen LogP contribution is -2.22. The van der Waals surface area contributed by atoms with Crippen LogP contribution in [0.5, 0.6) is 11.5 Å². The zero-order chi connectivity index (χ0) is 20.4. The Labute approximate surface area is 162 Å². The molecule has 1 aliphatic rings. The molecule has 0 aromatic heterocycles. The van der Waals surface area contributed by atoms with Crippen LogP contribution in [0.15, 0.2) is 24.3 Å². The van der Waals surface area contributed by atoms with Crippen molar-refractivity contribution in [3.8, 4) is 11.5 Å². The van der Waals surface area contributed by atoms with Crippen LogP contribution in [0.2, 0.25) is 5.02 Å². The van der Waals surface area contributed by atoms with E-state index in [1.165, 1.54) is 19.1 Å². The first kappa shape index (κ1) is 19.6. The zero-order valence-electron chi connectivity index (χ0n) is 14.3. The molecule has 7 nitrogen and oxygen atoms in total. The number of hydrogen-bond acceptors (Lipinski definition) is 6. The molecule has 0 unspecified atom stereocenters. The molecule has 28 heavy (non-hydrogen) atoms. The van der Waals surface area contributed by atoms with Gasteiger partial charge in [-0.2, -0.15) is 0 Å². The summed E-state index contributed by atoms with van der Waals surface area (Å²) >= 11 is 5.68. The van der Waals surface area contributed by atoms with E-state index >= 15 is 0 Å². The second-order valence-electron chi connectivity index (χ2n) is 5.68. The molecule has 2 aromatic rings. The van der Waals surface area contributed by atoms with Crippen molar-refractivity contribution in [1.82, 2.24) is 0 Å².